The predicted octanol–water partition coefficient (Wildman–Crippen LogP) is 1.43. The Balaban J connectivity index is 1.88. The van der Waals surface area contributed by atoms with Crippen molar-refractivity contribution in [2.45, 2.75) is 19.8 Å². The normalized spacial score (nSPS) is 20.2. The third kappa shape index (κ3) is 3.19. The molecule has 0 unspecified atom stereocenters. The van der Waals surface area contributed by atoms with Gasteiger partial charge in [-0.15, -0.1) is 0 Å². The van der Waals surface area contributed by atoms with E-state index < -0.39 is 0 Å². The largest absolute Gasteiger partial charge is 0.371 e. The second-order valence-electron chi connectivity index (χ2n) is 6.47. The Labute approximate surface area is 132 Å². The summed E-state index contributed by atoms with van der Waals surface area (Å²) >= 11 is 0. The Morgan fingerprint density at radius 2 is 1.82 bits per heavy atom. The molecule has 5 nitrogen and oxygen atoms in total. The van der Waals surface area contributed by atoms with E-state index in [0.717, 1.165) is 50.9 Å². The fourth-order valence-electron chi connectivity index (χ4n) is 3.36. The van der Waals surface area contributed by atoms with Crippen molar-refractivity contribution in [3.8, 4) is 0 Å². The fourth-order valence-corrected chi connectivity index (χ4v) is 3.36. The SMILES string of the molecule is CC1CCN(c2cc(N3CCNCC3)ccc2C(N)=O)CC1. The zero-order valence-electron chi connectivity index (χ0n) is 13.3. The zero-order chi connectivity index (χ0) is 15.5. The summed E-state index contributed by atoms with van der Waals surface area (Å²) in [6.07, 6.45) is 2.35. The van der Waals surface area contributed by atoms with Crippen molar-refractivity contribution >= 4 is 17.3 Å². The minimum Gasteiger partial charge on any atom is -0.371 e. The maximum Gasteiger partial charge on any atom is 0.250 e. The minimum atomic E-state index is -0.333. The van der Waals surface area contributed by atoms with Crippen LogP contribution in [0.25, 0.3) is 0 Å². The second-order valence-corrected chi connectivity index (χ2v) is 6.47. The van der Waals surface area contributed by atoms with Crippen molar-refractivity contribution in [2.24, 2.45) is 11.7 Å². The van der Waals surface area contributed by atoms with Crippen LogP contribution in [0.2, 0.25) is 0 Å². The van der Waals surface area contributed by atoms with Gasteiger partial charge in [-0.3, -0.25) is 4.79 Å². The number of nitrogens with zero attached hydrogens (tertiary/aromatic N) is 2. The van der Waals surface area contributed by atoms with Gasteiger partial charge in [-0.05, 0) is 37.0 Å². The first-order chi connectivity index (χ1) is 10.6. The lowest BCUT2D eigenvalue weighted by molar-refractivity contribution is 0.100. The monoisotopic (exact) mass is 302 g/mol. The molecule has 3 rings (SSSR count). The van der Waals surface area contributed by atoms with Crippen LogP contribution < -0.4 is 20.9 Å². The van der Waals surface area contributed by atoms with Gasteiger partial charge in [0, 0.05) is 45.0 Å². The summed E-state index contributed by atoms with van der Waals surface area (Å²) in [5.41, 5.74) is 8.44. The Morgan fingerprint density at radius 3 is 2.45 bits per heavy atom. The lowest BCUT2D eigenvalue weighted by Gasteiger charge is -2.35. The lowest BCUT2D eigenvalue weighted by Crippen LogP contribution is -2.43. The van der Waals surface area contributed by atoms with Crippen molar-refractivity contribution in [1.82, 2.24) is 5.32 Å². The number of nitrogens with two attached hydrogens (primary N) is 1. The van der Waals surface area contributed by atoms with E-state index in [4.69, 9.17) is 5.73 Å². The number of carbonyl (C=O) groups excluding carboxylic acids is 1. The maximum absolute atomic E-state index is 11.8. The molecule has 2 heterocycles. The molecule has 3 N–H and O–H groups in total. The van der Waals surface area contributed by atoms with Crippen LogP contribution in [0.5, 0.6) is 0 Å². The van der Waals surface area contributed by atoms with Gasteiger partial charge in [-0.2, -0.15) is 0 Å². The van der Waals surface area contributed by atoms with Crippen molar-refractivity contribution < 1.29 is 4.79 Å². The quantitative estimate of drug-likeness (QED) is 0.887. The van der Waals surface area contributed by atoms with E-state index in [0.29, 0.717) is 5.56 Å². The van der Waals surface area contributed by atoms with Gasteiger partial charge >= 0.3 is 0 Å². The van der Waals surface area contributed by atoms with Crippen LogP contribution in [0.3, 0.4) is 0 Å². The second kappa shape index (κ2) is 6.57. The number of piperazine rings is 1. The van der Waals surface area contributed by atoms with Gasteiger partial charge in [0.05, 0.1) is 11.3 Å². The fraction of sp³-hybridized carbons (Fsp3) is 0.588. The maximum atomic E-state index is 11.8. The molecule has 2 aliphatic rings. The number of carbonyl (C=O) groups is 1. The number of primary amides is 1. The first-order valence-electron chi connectivity index (χ1n) is 8.29. The zero-order valence-corrected chi connectivity index (χ0v) is 13.3. The molecule has 5 heteroatoms. The molecular formula is C17H26N4O. The number of piperidine rings is 1. The highest BCUT2D eigenvalue weighted by molar-refractivity contribution is 5.99. The number of nitrogens with one attached hydrogen (secondary N) is 1. The highest BCUT2D eigenvalue weighted by atomic mass is 16.1. The van der Waals surface area contributed by atoms with E-state index in [9.17, 15) is 4.79 Å². The Kier molecular flexibility index (Phi) is 4.52. The smallest absolute Gasteiger partial charge is 0.250 e. The summed E-state index contributed by atoms with van der Waals surface area (Å²) in [7, 11) is 0. The van der Waals surface area contributed by atoms with Gasteiger partial charge in [-0.1, -0.05) is 6.92 Å². The van der Waals surface area contributed by atoms with Crippen molar-refractivity contribution in [3.05, 3.63) is 23.8 Å². The van der Waals surface area contributed by atoms with E-state index in [-0.39, 0.29) is 5.91 Å². The molecule has 0 aliphatic carbocycles. The number of rotatable bonds is 3. The highest BCUT2D eigenvalue weighted by Gasteiger charge is 2.22. The molecule has 0 aromatic heterocycles. The average molecular weight is 302 g/mol. The van der Waals surface area contributed by atoms with Crippen molar-refractivity contribution in [2.75, 3.05) is 49.1 Å². The molecule has 1 amide bonds. The third-order valence-electron chi connectivity index (χ3n) is 4.85. The van der Waals surface area contributed by atoms with Crippen LogP contribution in [0.4, 0.5) is 11.4 Å². The number of amides is 1. The highest BCUT2D eigenvalue weighted by Crippen LogP contribution is 2.30. The molecule has 0 bridgehead atoms. The molecule has 0 spiro atoms. The molecule has 22 heavy (non-hydrogen) atoms. The molecule has 2 saturated heterocycles. The van der Waals surface area contributed by atoms with Crippen LogP contribution in [0, 0.1) is 5.92 Å². The molecule has 1 aromatic rings. The van der Waals surface area contributed by atoms with Crippen LogP contribution in [0.15, 0.2) is 18.2 Å². The summed E-state index contributed by atoms with van der Waals surface area (Å²) in [6.45, 7) is 8.34. The molecule has 2 aliphatic heterocycles. The van der Waals surface area contributed by atoms with E-state index in [1.165, 1.54) is 18.5 Å². The topological polar surface area (TPSA) is 61.6 Å². The van der Waals surface area contributed by atoms with Gasteiger partial charge in [0.25, 0.3) is 5.91 Å². The summed E-state index contributed by atoms with van der Waals surface area (Å²) in [6, 6.07) is 6.08. The Hall–Kier alpha value is -1.75. The first-order valence-corrected chi connectivity index (χ1v) is 8.29. The summed E-state index contributed by atoms with van der Waals surface area (Å²) in [4.78, 5) is 16.5. The molecular weight excluding hydrogens is 276 g/mol. The van der Waals surface area contributed by atoms with Crippen molar-refractivity contribution in [1.29, 1.82) is 0 Å². The summed E-state index contributed by atoms with van der Waals surface area (Å²) in [5, 5.41) is 3.37. The van der Waals surface area contributed by atoms with Crippen LogP contribution in [0.1, 0.15) is 30.1 Å². The molecule has 120 valence electrons. The van der Waals surface area contributed by atoms with Gasteiger partial charge in [-0.25, -0.2) is 0 Å². The van der Waals surface area contributed by atoms with E-state index >= 15 is 0 Å². The standard InChI is InChI=1S/C17H26N4O/c1-13-4-8-21(9-5-13)16-12-14(2-3-15(16)17(18)22)20-10-6-19-7-11-20/h2-3,12-13,19H,4-11H2,1H3,(H2,18,22). The first kappa shape index (κ1) is 15.2. The number of benzene rings is 1. The number of anilines is 2. The number of hydrogen-bond donors (Lipinski definition) is 2. The van der Waals surface area contributed by atoms with Gasteiger partial charge in [0.2, 0.25) is 0 Å². The summed E-state index contributed by atoms with van der Waals surface area (Å²) < 4.78 is 0. The van der Waals surface area contributed by atoms with E-state index in [1.54, 1.807) is 0 Å². The van der Waals surface area contributed by atoms with Crippen LogP contribution in [-0.2, 0) is 0 Å². The number of hydrogen-bond acceptors (Lipinski definition) is 4. The molecule has 2 fully saturated rings. The minimum absolute atomic E-state index is 0.333. The molecule has 0 atom stereocenters. The third-order valence-corrected chi connectivity index (χ3v) is 4.85. The predicted molar refractivity (Wildman–Crippen MR) is 90.7 cm³/mol. The van der Waals surface area contributed by atoms with Crippen LogP contribution >= 0.6 is 0 Å². The van der Waals surface area contributed by atoms with Gasteiger partial charge < -0.3 is 20.9 Å². The van der Waals surface area contributed by atoms with Gasteiger partial charge in [0.15, 0.2) is 0 Å². The average Bonchev–Trinajstić information content (AvgIpc) is 2.56. The van der Waals surface area contributed by atoms with Crippen LogP contribution in [-0.4, -0.2) is 45.2 Å². The van der Waals surface area contributed by atoms with Crippen molar-refractivity contribution in [3.63, 3.8) is 0 Å². The lowest BCUT2D eigenvalue weighted by atomic mass is 9.97. The Morgan fingerprint density at radius 1 is 1.14 bits per heavy atom. The van der Waals surface area contributed by atoms with Gasteiger partial charge in [0.1, 0.15) is 0 Å². The molecule has 0 saturated carbocycles. The molecule has 0 radical (unpaired) electrons. The Bertz CT molecular complexity index is 531. The van der Waals surface area contributed by atoms with E-state index in [1.807, 2.05) is 12.1 Å². The van der Waals surface area contributed by atoms with E-state index in [2.05, 4.69) is 28.1 Å². The molecule has 1 aromatic carbocycles. The summed E-state index contributed by atoms with van der Waals surface area (Å²) in [5.74, 6) is 0.435.